The molecule has 0 saturated heterocycles. The monoisotopic (exact) mass is 254 g/mol. The van der Waals surface area contributed by atoms with Gasteiger partial charge >= 0.3 is 0 Å². The second-order valence-corrected chi connectivity index (χ2v) is 6.74. The van der Waals surface area contributed by atoms with E-state index < -0.39 is 0 Å². The fourth-order valence-electron chi connectivity index (χ4n) is 1.98. The molecular formula is C13H22N2OS. The van der Waals surface area contributed by atoms with Crippen LogP contribution in [0.5, 0.6) is 0 Å². The lowest BCUT2D eigenvalue weighted by molar-refractivity contribution is 0.141. The average Bonchev–Trinajstić information content (AvgIpc) is 2.68. The molecular weight excluding hydrogens is 232 g/mol. The Labute approximate surface area is 108 Å². The molecule has 0 aliphatic carbocycles. The van der Waals surface area contributed by atoms with Crippen molar-refractivity contribution < 1.29 is 4.74 Å². The summed E-state index contributed by atoms with van der Waals surface area (Å²) in [7, 11) is 1.76. The molecule has 3 nitrogen and oxygen atoms in total. The van der Waals surface area contributed by atoms with Gasteiger partial charge in [-0.1, -0.05) is 20.8 Å². The number of hydrogen-bond acceptors (Lipinski definition) is 4. The van der Waals surface area contributed by atoms with Gasteiger partial charge in [0.05, 0.1) is 17.3 Å². The van der Waals surface area contributed by atoms with Crippen molar-refractivity contribution in [2.75, 3.05) is 26.8 Å². The van der Waals surface area contributed by atoms with Crippen LogP contribution in [0.3, 0.4) is 0 Å². The molecule has 0 N–H and O–H groups in total. The van der Waals surface area contributed by atoms with Gasteiger partial charge in [-0.3, -0.25) is 4.90 Å². The zero-order valence-corrected chi connectivity index (χ0v) is 12.1. The van der Waals surface area contributed by atoms with E-state index in [9.17, 15) is 0 Å². The second-order valence-electron chi connectivity index (χ2n) is 5.66. The number of methoxy groups -OCH3 is 1. The largest absolute Gasteiger partial charge is 0.383 e. The number of ether oxygens (including phenoxy) is 1. The van der Waals surface area contributed by atoms with E-state index >= 15 is 0 Å². The maximum atomic E-state index is 5.14. The summed E-state index contributed by atoms with van der Waals surface area (Å²) in [6.07, 6.45) is 1.09. The van der Waals surface area contributed by atoms with Crippen LogP contribution in [0.2, 0.25) is 0 Å². The zero-order valence-electron chi connectivity index (χ0n) is 11.2. The minimum atomic E-state index is 0.180. The summed E-state index contributed by atoms with van der Waals surface area (Å²) >= 11 is 1.89. The Morgan fingerprint density at radius 2 is 2.18 bits per heavy atom. The van der Waals surface area contributed by atoms with Crippen molar-refractivity contribution in [3.8, 4) is 0 Å². The molecule has 0 bridgehead atoms. The quantitative estimate of drug-likeness (QED) is 0.828. The van der Waals surface area contributed by atoms with Gasteiger partial charge in [0.15, 0.2) is 0 Å². The van der Waals surface area contributed by atoms with E-state index in [1.807, 2.05) is 11.3 Å². The number of rotatable bonds is 3. The third kappa shape index (κ3) is 3.06. The number of aromatic nitrogens is 1. The fourth-order valence-corrected chi connectivity index (χ4v) is 3.19. The van der Waals surface area contributed by atoms with Crippen molar-refractivity contribution >= 4 is 11.3 Å². The first-order valence-electron chi connectivity index (χ1n) is 6.21. The van der Waals surface area contributed by atoms with Crippen LogP contribution in [0.25, 0.3) is 0 Å². The predicted molar refractivity (Wildman–Crippen MR) is 71.7 cm³/mol. The van der Waals surface area contributed by atoms with Gasteiger partial charge in [-0.05, 0) is 0 Å². The Balaban J connectivity index is 2.08. The van der Waals surface area contributed by atoms with Gasteiger partial charge in [-0.2, -0.15) is 0 Å². The third-order valence-electron chi connectivity index (χ3n) is 3.06. The zero-order chi connectivity index (χ0) is 12.5. The molecule has 2 heterocycles. The first kappa shape index (κ1) is 13.0. The highest BCUT2D eigenvalue weighted by Gasteiger charge is 2.25. The Morgan fingerprint density at radius 1 is 1.41 bits per heavy atom. The predicted octanol–water partition coefficient (Wildman–Crippen LogP) is 2.45. The SMILES string of the molecule is COCCN1CCc2nc(C(C)(C)C)sc2C1. The molecule has 17 heavy (non-hydrogen) atoms. The summed E-state index contributed by atoms with van der Waals surface area (Å²) in [6.45, 7) is 10.7. The van der Waals surface area contributed by atoms with Crippen molar-refractivity contribution in [2.24, 2.45) is 0 Å². The topological polar surface area (TPSA) is 25.4 Å². The lowest BCUT2D eigenvalue weighted by Gasteiger charge is -2.25. The molecule has 0 fully saturated rings. The second kappa shape index (κ2) is 5.04. The van der Waals surface area contributed by atoms with Crippen LogP contribution >= 0.6 is 11.3 Å². The summed E-state index contributed by atoms with van der Waals surface area (Å²) < 4.78 is 5.14. The molecule has 0 amide bonds. The summed E-state index contributed by atoms with van der Waals surface area (Å²) in [6, 6.07) is 0. The van der Waals surface area contributed by atoms with Gasteiger partial charge in [-0.15, -0.1) is 11.3 Å². The minimum Gasteiger partial charge on any atom is -0.383 e. The molecule has 0 radical (unpaired) electrons. The van der Waals surface area contributed by atoms with Crippen molar-refractivity contribution in [3.63, 3.8) is 0 Å². The first-order chi connectivity index (χ1) is 8.00. The normalized spacial score (nSPS) is 17.2. The molecule has 2 rings (SSSR count). The molecule has 4 heteroatoms. The van der Waals surface area contributed by atoms with E-state index in [0.29, 0.717) is 0 Å². The molecule has 1 aliphatic rings. The smallest absolute Gasteiger partial charge is 0.0985 e. The van der Waals surface area contributed by atoms with E-state index in [4.69, 9.17) is 9.72 Å². The summed E-state index contributed by atoms with van der Waals surface area (Å²) in [4.78, 5) is 8.71. The Kier molecular flexibility index (Phi) is 3.85. The summed E-state index contributed by atoms with van der Waals surface area (Å²) in [5.74, 6) is 0. The van der Waals surface area contributed by atoms with E-state index in [-0.39, 0.29) is 5.41 Å². The summed E-state index contributed by atoms with van der Waals surface area (Å²) in [5.41, 5.74) is 1.51. The van der Waals surface area contributed by atoms with Gasteiger partial charge in [0.25, 0.3) is 0 Å². The highest BCUT2D eigenvalue weighted by Crippen LogP contribution is 2.32. The molecule has 0 saturated carbocycles. The average molecular weight is 254 g/mol. The number of nitrogens with zero attached hydrogens (tertiary/aromatic N) is 2. The van der Waals surface area contributed by atoms with Crippen molar-refractivity contribution in [1.82, 2.24) is 9.88 Å². The Hall–Kier alpha value is -0.450. The highest BCUT2D eigenvalue weighted by molar-refractivity contribution is 7.11. The van der Waals surface area contributed by atoms with Crippen molar-refractivity contribution in [1.29, 1.82) is 0 Å². The van der Waals surface area contributed by atoms with Crippen LogP contribution in [-0.4, -0.2) is 36.7 Å². The lowest BCUT2D eigenvalue weighted by atomic mass is 9.98. The molecule has 1 aliphatic heterocycles. The van der Waals surface area contributed by atoms with Crippen LogP contribution in [0, 0.1) is 0 Å². The van der Waals surface area contributed by atoms with Crippen LogP contribution in [0.4, 0.5) is 0 Å². The maximum absolute atomic E-state index is 5.14. The fraction of sp³-hybridized carbons (Fsp3) is 0.769. The van der Waals surface area contributed by atoms with E-state index in [1.54, 1.807) is 7.11 Å². The van der Waals surface area contributed by atoms with Crippen molar-refractivity contribution in [3.05, 3.63) is 15.6 Å². The first-order valence-corrected chi connectivity index (χ1v) is 7.02. The van der Waals surface area contributed by atoms with Gasteiger partial charge in [-0.25, -0.2) is 4.98 Å². The van der Waals surface area contributed by atoms with Crippen LogP contribution in [-0.2, 0) is 23.1 Å². The van der Waals surface area contributed by atoms with Gasteiger partial charge < -0.3 is 4.74 Å². The number of thiazole rings is 1. The Bertz CT molecular complexity index is 381. The van der Waals surface area contributed by atoms with E-state index in [2.05, 4.69) is 25.7 Å². The molecule has 0 spiro atoms. The molecule has 0 aromatic carbocycles. The lowest BCUT2D eigenvalue weighted by Crippen LogP contribution is -2.32. The van der Waals surface area contributed by atoms with Crippen molar-refractivity contribution in [2.45, 2.75) is 39.2 Å². The van der Waals surface area contributed by atoms with Crippen LogP contribution in [0.15, 0.2) is 0 Å². The molecule has 0 atom stereocenters. The molecule has 1 aromatic heterocycles. The third-order valence-corrected chi connectivity index (χ3v) is 4.57. The van der Waals surface area contributed by atoms with Gasteiger partial charge in [0.1, 0.15) is 0 Å². The number of fused-ring (bicyclic) bond motifs is 1. The molecule has 1 aromatic rings. The summed E-state index contributed by atoms with van der Waals surface area (Å²) in [5, 5.41) is 1.27. The van der Waals surface area contributed by atoms with E-state index in [0.717, 1.165) is 32.7 Å². The van der Waals surface area contributed by atoms with Crippen LogP contribution < -0.4 is 0 Å². The Morgan fingerprint density at radius 3 is 2.82 bits per heavy atom. The van der Waals surface area contributed by atoms with E-state index in [1.165, 1.54) is 15.6 Å². The van der Waals surface area contributed by atoms with Crippen LogP contribution in [0.1, 0.15) is 36.3 Å². The number of hydrogen-bond donors (Lipinski definition) is 0. The van der Waals surface area contributed by atoms with Gasteiger partial charge in [0, 0.05) is 43.5 Å². The highest BCUT2D eigenvalue weighted by atomic mass is 32.1. The maximum Gasteiger partial charge on any atom is 0.0985 e. The molecule has 0 unspecified atom stereocenters. The minimum absolute atomic E-state index is 0.180. The molecule has 96 valence electrons. The van der Waals surface area contributed by atoms with Gasteiger partial charge in [0.2, 0.25) is 0 Å². The standard InChI is InChI=1S/C13H22N2OS/c1-13(2,3)12-14-10-5-6-15(7-8-16-4)9-11(10)17-12/h5-9H2,1-4H3.